The first-order valence-corrected chi connectivity index (χ1v) is 5.32. The lowest BCUT2D eigenvalue weighted by Crippen LogP contribution is -1.98. The van der Waals surface area contributed by atoms with E-state index >= 15 is 0 Å². The van der Waals surface area contributed by atoms with E-state index in [0.29, 0.717) is 6.61 Å². The molecule has 0 radical (unpaired) electrons. The van der Waals surface area contributed by atoms with Gasteiger partial charge >= 0.3 is 5.97 Å². The van der Waals surface area contributed by atoms with Gasteiger partial charge in [-0.25, -0.2) is 9.59 Å². The molecule has 0 aliphatic heterocycles. The van der Waals surface area contributed by atoms with Crippen LogP contribution in [0.1, 0.15) is 12.5 Å². The van der Waals surface area contributed by atoms with Crippen LogP contribution in [0, 0.1) is 0 Å². The summed E-state index contributed by atoms with van der Waals surface area (Å²) in [4.78, 5) is 22.9. The highest BCUT2D eigenvalue weighted by Gasteiger charge is 1.89. The summed E-state index contributed by atoms with van der Waals surface area (Å²) in [5.74, 6) is -0.512. The number of hydrogen-bond donors (Lipinski definition) is 0. The van der Waals surface area contributed by atoms with Gasteiger partial charge in [0.05, 0.1) is 6.61 Å². The second kappa shape index (κ2) is 11.0. The molecular weight excluding hydrogens is 230 g/mol. The Bertz CT molecular complexity index is 432. The molecule has 0 spiro atoms. The van der Waals surface area contributed by atoms with Crippen molar-refractivity contribution in [3.8, 4) is 0 Å². The smallest absolute Gasteiger partial charge is 0.332 e. The van der Waals surface area contributed by atoms with Crippen molar-refractivity contribution in [1.82, 2.24) is 0 Å². The minimum absolute atomic E-state index is 0.313. The Kier molecular flexibility index (Phi) is 9.54. The van der Waals surface area contributed by atoms with E-state index in [0.717, 1.165) is 12.3 Å². The molecule has 1 rings (SSSR count). The first-order chi connectivity index (χ1) is 8.74. The maximum atomic E-state index is 10.4. The molecule has 4 heteroatoms. The summed E-state index contributed by atoms with van der Waals surface area (Å²) in [5.41, 5.74) is 1.17. The number of isocyanates is 1. The Balaban J connectivity index is 0.000000327. The second-order valence-corrected chi connectivity index (χ2v) is 2.90. The topological polar surface area (TPSA) is 55.7 Å². The maximum Gasteiger partial charge on any atom is 0.332 e. The van der Waals surface area contributed by atoms with Gasteiger partial charge in [-0.1, -0.05) is 43.0 Å². The summed E-state index contributed by atoms with van der Waals surface area (Å²) in [5, 5.41) is 0. The third-order valence-electron chi connectivity index (χ3n) is 1.66. The van der Waals surface area contributed by atoms with Crippen molar-refractivity contribution in [3.63, 3.8) is 0 Å². The standard InChI is InChI=1S/C8H8.C6H7NO3/c1-2-8-6-4-3-5-7-8;1-2-10-6(9)3-4-7-5-8/h2-7H,1H2;3-4H,2H2,1H3. The van der Waals surface area contributed by atoms with Gasteiger partial charge in [0.2, 0.25) is 6.08 Å². The monoisotopic (exact) mass is 245 g/mol. The molecule has 0 unspecified atom stereocenters. The van der Waals surface area contributed by atoms with Crippen molar-refractivity contribution >= 4 is 18.1 Å². The molecule has 0 aliphatic rings. The van der Waals surface area contributed by atoms with E-state index in [1.807, 2.05) is 36.4 Å². The first-order valence-electron chi connectivity index (χ1n) is 5.32. The summed E-state index contributed by atoms with van der Waals surface area (Å²) in [6.07, 6.45) is 5.16. The number of nitrogens with zero attached hydrogens (tertiary/aromatic N) is 1. The summed E-state index contributed by atoms with van der Waals surface area (Å²) >= 11 is 0. The summed E-state index contributed by atoms with van der Waals surface area (Å²) in [7, 11) is 0. The van der Waals surface area contributed by atoms with E-state index in [1.54, 1.807) is 6.92 Å². The largest absolute Gasteiger partial charge is 0.463 e. The molecule has 0 bridgehead atoms. The van der Waals surface area contributed by atoms with Crippen molar-refractivity contribution < 1.29 is 14.3 Å². The van der Waals surface area contributed by atoms with Gasteiger partial charge in [0, 0.05) is 12.3 Å². The molecule has 0 saturated carbocycles. The molecule has 18 heavy (non-hydrogen) atoms. The van der Waals surface area contributed by atoms with Gasteiger partial charge in [0.15, 0.2) is 0 Å². The minimum Gasteiger partial charge on any atom is -0.463 e. The average Bonchev–Trinajstić information content (AvgIpc) is 2.41. The highest BCUT2D eigenvalue weighted by molar-refractivity contribution is 5.81. The highest BCUT2D eigenvalue weighted by Crippen LogP contribution is 1.97. The summed E-state index contributed by atoms with van der Waals surface area (Å²) < 4.78 is 4.47. The first kappa shape index (κ1) is 15.5. The van der Waals surface area contributed by atoms with Crippen LogP contribution in [0.5, 0.6) is 0 Å². The van der Waals surface area contributed by atoms with Gasteiger partial charge in [-0.2, -0.15) is 4.99 Å². The Morgan fingerprint density at radius 2 is 2.11 bits per heavy atom. The van der Waals surface area contributed by atoms with Crippen LogP contribution in [-0.2, 0) is 14.3 Å². The molecule has 0 aliphatic carbocycles. The molecule has 1 aromatic carbocycles. The maximum absolute atomic E-state index is 10.4. The molecule has 0 heterocycles. The summed E-state index contributed by atoms with van der Waals surface area (Å²) in [6, 6.07) is 10.0. The van der Waals surface area contributed by atoms with Crippen LogP contribution in [-0.4, -0.2) is 18.7 Å². The SMILES string of the molecule is C=Cc1ccccc1.CCOC(=O)C=CN=C=O. The van der Waals surface area contributed by atoms with Crippen molar-refractivity contribution in [2.75, 3.05) is 6.61 Å². The third-order valence-corrected chi connectivity index (χ3v) is 1.66. The van der Waals surface area contributed by atoms with Gasteiger partial charge < -0.3 is 4.74 Å². The van der Waals surface area contributed by atoms with Crippen molar-refractivity contribution in [3.05, 3.63) is 54.8 Å². The Labute approximate surface area is 106 Å². The Morgan fingerprint density at radius 3 is 2.56 bits per heavy atom. The molecule has 0 fully saturated rings. The Morgan fingerprint density at radius 1 is 1.44 bits per heavy atom. The van der Waals surface area contributed by atoms with Crippen molar-refractivity contribution in [2.45, 2.75) is 6.92 Å². The summed E-state index contributed by atoms with van der Waals surface area (Å²) in [6.45, 7) is 5.63. The normalized spacial score (nSPS) is 8.72. The molecular formula is C14H15NO3. The predicted octanol–water partition coefficient (Wildman–Crippen LogP) is 2.73. The number of aliphatic imine (C=N–C) groups is 1. The van der Waals surface area contributed by atoms with Crippen LogP contribution >= 0.6 is 0 Å². The molecule has 0 saturated heterocycles. The highest BCUT2D eigenvalue weighted by atomic mass is 16.5. The van der Waals surface area contributed by atoms with Gasteiger partial charge in [-0.15, -0.1) is 0 Å². The number of esters is 1. The number of hydrogen-bond acceptors (Lipinski definition) is 4. The number of carbonyl (C=O) groups excluding carboxylic acids is 2. The zero-order valence-corrected chi connectivity index (χ0v) is 10.2. The van der Waals surface area contributed by atoms with Crippen LogP contribution in [0.4, 0.5) is 0 Å². The molecule has 0 amide bonds. The molecule has 94 valence electrons. The van der Waals surface area contributed by atoms with E-state index in [-0.39, 0.29) is 0 Å². The lowest BCUT2D eigenvalue weighted by atomic mass is 10.2. The number of carbonyl (C=O) groups is 1. The zero-order chi connectivity index (χ0) is 13.6. The molecule has 0 aromatic heterocycles. The molecule has 1 aromatic rings. The van der Waals surface area contributed by atoms with Gasteiger partial charge in [-0.05, 0) is 12.5 Å². The van der Waals surface area contributed by atoms with Crippen molar-refractivity contribution in [1.29, 1.82) is 0 Å². The number of ether oxygens (including phenoxy) is 1. The van der Waals surface area contributed by atoms with E-state index in [4.69, 9.17) is 0 Å². The molecule has 0 atom stereocenters. The molecule has 0 N–H and O–H groups in total. The van der Waals surface area contributed by atoms with Crippen LogP contribution < -0.4 is 0 Å². The molecule has 4 nitrogen and oxygen atoms in total. The van der Waals surface area contributed by atoms with Gasteiger partial charge in [0.1, 0.15) is 0 Å². The van der Waals surface area contributed by atoms with Gasteiger partial charge in [0.25, 0.3) is 0 Å². The van der Waals surface area contributed by atoms with Gasteiger partial charge in [-0.3, -0.25) is 0 Å². The fourth-order valence-corrected chi connectivity index (χ4v) is 0.908. The fourth-order valence-electron chi connectivity index (χ4n) is 0.908. The van der Waals surface area contributed by atoms with Crippen molar-refractivity contribution in [2.24, 2.45) is 4.99 Å². The Hall–Kier alpha value is -2.45. The van der Waals surface area contributed by atoms with E-state index in [2.05, 4.69) is 16.3 Å². The van der Waals surface area contributed by atoms with E-state index in [1.165, 1.54) is 11.6 Å². The van der Waals surface area contributed by atoms with Crippen LogP contribution in [0.15, 0.2) is 54.2 Å². The van der Waals surface area contributed by atoms with Crippen LogP contribution in [0.3, 0.4) is 0 Å². The average molecular weight is 245 g/mol. The predicted molar refractivity (Wildman–Crippen MR) is 70.4 cm³/mol. The lowest BCUT2D eigenvalue weighted by molar-refractivity contribution is -0.137. The second-order valence-electron chi connectivity index (χ2n) is 2.90. The number of rotatable bonds is 4. The number of benzene rings is 1. The lowest BCUT2D eigenvalue weighted by Gasteiger charge is -1.91. The quantitative estimate of drug-likeness (QED) is 0.354. The zero-order valence-electron chi connectivity index (χ0n) is 10.2. The minimum atomic E-state index is -0.512. The van der Waals surface area contributed by atoms with E-state index in [9.17, 15) is 9.59 Å². The van der Waals surface area contributed by atoms with Crippen LogP contribution in [0.25, 0.3) is 6.08 Å². The fraction of sp³-hybridized carbons (Fsp3) is 0.143. The third kappa shape index (κ3) is 8.83. The van der Waals surface area contributed by atoms with Crippen LogP contribution in [0.2, 0.25) is 0 Å². The van der Waals surface area contributed by atoms with E-state index < -0.39 is 5.97 Å².